The molecule has 0 aromatic heterocycles. The van der Waals surface area contributed by atoms with E-state index in [-0.39, 0.29) is 35.5 Å². The molecule has 0 radical (unpaired) electrons. The Kier molecular flexibility index (Phi) is 3.49. The molecule has 2 rings (SSSR count). The Morgan fingerprint density at radius 1 is 1.42 bits per heavy atom. The van der Waals surface area contributed by atoms with E-state index in [2.05, 4.69) is 5.32 Å². The average molecular weight is 285 g/mol. The molecule has 1 saturated heterocycles. The van der Waals surface area contributed by atoms with Crippen molar-refractivity contribution in [3.63, 3.8) is 0 Å². The molecule has 19 heavy (non-hydrogen) atoms. The maximum absolute atomic E-state index is 13.8. The van der Waals surface area contributed by atoms with Crippen molar-refractivity contribution in [1.82, 2.24) is 10.2 Å². The van der Waals surface area contributed by atoms with Crippen molar-refractivity contribution in [3.05, 3.63) is 34.6 Å². The van der Waals surface area contributed by atoms with Gasteiger partial charge in [0.05, 0.1) is 13.1 Å². The summed E-state index contributed by atoms with van der Waals surface area (Å²) >= 11 is 5.95. The van der Waals surface area contributed by atoms with E-state index in [9.17, 15) is 14.0 Å². The van der Waals surface area contributed by atoms with Gasteiger partial charge in [-0.2, -0.15) is 0 Å². The van der Waals surface area contributed by atoms with Crippen LogP contribution in [0.5, 0.6) is 0 Å². The highest BCUT2D eigenvalue weighted by atomic mass is 35.5. The third kappa shape index (κ3) is 2.42. The van der Waals surface area contributed by atoms with E-state index in [1.807, 2.05) is 0 Å². The first-order valence-corrected chi connectivity index (χ1v) is 6.23. The minimum absolute atomic E-state index is 0.0231. The largest absolute Gasteiger partial charge is 0.345 e. The second kappa shape index (κ2) is 4.81. The summed E-state index contributed by atoms with van der Waals surface area (Å²) in [6.07, 6.45) is 0. The molecule has 1 aliphatic heterocycles. The van der Waals surface area contributed by atoms with Gasteiger partial charge in [-0.1, -0.05) is 17.7 Å². The van der Waals surface area contributed by atoms with Crippen LogP contribution >= 0.6 is 11.6 Å². The zero-order valence-electron chi connectivity index (χ0n) is 10.7. The number of hydrogen-bond donors (Lipinski definition) is 1. The first-order valence-electron chi connectivity index (χ1n) is 5.85. The zero-order chi connectivity index (χ0) is 14.2. The summed E-state index contributed by atoms with van der Waals surface area (Å²) in [5.74, 6) is -1.01. The zero-order valence-corrected chi connectivity index (χ0v) is 11.4. The molecule has 0 spiro atoms. The van der Waals surface area contributed by atoms with E-state index in [4.69, 9.17) is 11.6 Å². The lowest BCUT2D eigenvalue weighted by atomic mass is 9.97. The molecule has 102 valence electrons. The number of benzene rings is 1. The van der Waals surface area contributed by atoms with Crippen LogP contribution in [0.4, 0.5) is 4.39 Å². The molecule has 1 aromatic rings. The van der Waals surface area contributed by atoms with Crippen LogP contribution in [0.25, 0.3) is 0 Å². The monoisotopic (exact) mass is 284 g/mol. The van der Waals surface area contributed by atoms with Gasteiger partial charge in [-0.15, -0.1) is 0 Å². The van der Waals surface area contributed by atoms with Crippen LogP contribution in [-0.2, 0) is 16.1 Å². The van der Waals surface area contributed by atoms with Gasteiger partial charge in [0.25, 0.3) is 0 Å². The lowest BCUT2D eigenvalue weighted by molar-refractivity contribution is -0.152. The molecule has 2 amide bonds. The summed E-state index contributed by atoms with van der Waals surface area (Å²) in [5.41, 5.74) is -0.804. The van der Waals surface area contributed by atoms with Crippen molar-refractivity contribution in [2.24, 2.45) is 0 Å². The number of halogens is 2. The quantitative estimate of drug-likeness (QED) is 0.899. The highest BCUT2D eigenvalue weighted by molar-refractivity contribution is 6.31. The molecule has 4 nitrogen and oxygen atoms in total. The van der Waals surface area contributed by atoms with E-state index in [0.29, 0.717) is 0 Å². The van der Waals surface area contributed by atoms with Gasteiger partial charge in [-0.3, -0.25) is 9.59 Å². The lowest BCUT2D eigenvalue weighted by Gasteiger charge is -2.41. The fourth-order valence-corrected chi connectivity index (χ4v) is 2.25. The van der Waals surface area contributed by atoms with Gasteiger partial charge >= 0.3 is 0 Å². The molecular weight excluding hydrogens is 271 g/mol. The van der Waals surface area contributed by atoms with Crippen molar-refractivity contribution in [2.75, 3.05) is 6.54 Å². The first kappa shape index (κ1) is 13.8. The molecule has 1 heterocycles. The van der Waals surface area contributed by atoms with Crippen molar-refractivity contribution >= 4 is 23.4 Å². The fourth-order valence-electron chi connectivity index (χ4n) is 2.03. The van der Waals surface area contributed by atoms with E-state index in [1.165, 1.54) is 17.0 Å². The molecular formula is C13H14ClFN2O2. The molecule has 1 fully saturated rings. The Labute approximate surface area is 115 Å². The summed E-state index contributed by atoms with van der Waals surface area (Å²) in [4.78, 5) is 25.1. The Hall–Kier alpha value is -1.62. The van der Waals surface area contributed by atoms with Gasteiger partial charge in [0.1, 0.15) is 11.4 Å². The number of rotatable bonds is 2. The van der Waals surface area contributed by atoms with Crippen LogP contribution in [-0.4, -0.2) is 28.8 Å². The number of carbonyl (C=O) groups is 2. The van der Waals surface area contributed by atoms with Crippen LogP contribution in [0, 0.1) is 5.82 Å². The van der Waals surface area contributed by atoms with Crippen molar-refractivity contribution in [3.8, 4) is 0 Å². The molecule has 0 unspecified atom stereocenters. The minimum Gasteiger partial charge on any atom is -0.345 e. The summed E-state index contributed by atoms with van der Waals surface area (Å²) in [7, 11) is 0. The van der Waals surface area contributed by atoms with Gasteiger partial charge in [-0.05, 0) is 26.0 Å². The smallest absolute Gasteiger partial charge is 0.245 e. The summed E-state index contributed by atoms with van der Waals surface area (Å²) in [6.45, 7) is 3.14. The van der Waals surface area contributed by atoms with E-state index >= 15 is 0 Å². The van der Waals surface area contributed by atoms with Crippen LogP contribution in [0.15, 0.2) is 18.2 Å². The number of nitrogens with zero attached hydrogens (tertiary/aromatic N) is 1. The molecule has 1 aliphatic rings. The third-order valence-electron chi connectivity index (χ3n) is 3.31. The van der Waals surface area contributed by atoms with Gasteiger partial charge in [0, 0.05) is 10.6 Å². The SMILES string of the molecule is CC1(C)C(=O)NCC(=O)N1Cc1c(F)cccc1Cl. The standard InChI is InChI=1S/C13H14ClFN2O2/c1-13(2)12(19)16-6-11(18)17(13)7-8-9(14)4-3-5-10(8)15/h3-5H,6-7H2,1-2H3,(H,16,19). The van der Waals surface area contributed by atoms with Crippen LogP contribution in [0.2, 0.25) is 5.02 Å². The number of carbonyl (C=O) groups excluding carboxylic acids is 2. The van der Waals surface area contributed by atoms with Crippen molar-refractivity contribution in [1.29, 1.82) is 0 Å². The highest BCUT2D eigenvalue weighted by Gasteiger charge is 2.41. The average Bonchev–Trinajstić information content (AvgIpc) is 2.33. The molecule has 6 heteroatoms. The van der Waals surface area contributed by atoms with E-state index < -0.39 is 11.4 Å². The fraction of sp³-hybridized carbons (Fsp3) is 0.385. The van der Waals surface area contributed by atoms with Crippen LogP contribution in [0.1, 0.15) is 19.4 Å². The molecule has 0 saturated carbocycles. The van der Waals surface area contributed by atoms with Crippen LogP contribution < -0.4 is 5.32 Å². The van der Waals surface area contributed by atoms with Gasteiger partial charge < -0.3 is 10.2 Å². The van der Waals surface area contributed by atoms with E-state index in [0.717, 1.165) is 0 Å². The summed E-state index contributed by atoms with van der Waals surface area (Å²) in [5, 5.41) is 2.76. The third-order valence-corrected chi connectivity index (χ3v) is 3.66. The number of nitrogens with one attached hydrogen (secondary N) is 1. The Balaban J connectivity index is 2.35. The Morgan fingerprint density at radius 2 is 2.11 bits per heavy atom. The maximum Gasteiger partial charge on any atom is 0.245 e. The van der Waals surface area contributed by atoms with E-state index in [1.54, 1.807) is 19.9 Å². The first-order chi connectivity index (χ1) is 8.84. The topological polar surface area (TPSA) is 49.4 Å². The van der Waals surface area contributed by atoms with Crippen molar-refractivity contribution in [2.45, 2.75) is 25.9 Å². The normalized spacial score (nSPS) is 18.4. The molecule has 0 bridgehead atoms. The summed E-state index contributed by atoms with van der Waals surface area (Å²) in [6, 6.07) is 4.33. The number of piperazine rings is 1. The molecule has 1 N–H and O–H groups in total. The van der Waals surface area contributed by atoms with Crippen LogP contribution in [0.3, 0.4) is 0 Å². The molecule has 0 aliphatic carbocycles. The Morgan fingerprint density at radius 3 is 2.74 bits per heavy atom. The maximum atomic E-state index is 13.8. The number of amides is 2. The second-order valence-corrected chi connectivity index (χ2v) is 5.33. The molecule has 0 atom stereocenters. The van der Waals surface area contributed by atoms with Gasteiger partial charge in [0.15, 0.2) is 0 Å². The Bertz CT molecular complexity index is 525. The minimum atomic E-state index is -1.03. The predicted molar refractivity (Wildman–Crippen MR) is 69.0 cm³/mol. The van der Waals surface area contributed by atoms with Gasteiger partial charge in [0.2, 0.25) is 11.8 Å². The number of hydrogen-bond acceptors (Lipinski definition) is 2. The second-order valence-electron chi connectivity index (χ2n) is 4.92. The predicted octanol–water partition coefficient (Wildman–Crippen LogP) is 1.72. The van der Waals surface area contributed by atoms with Gasteiger partial charge in [-0.25, -0.2) is 4.39 Å². The highest BCUT2D eigenvalue weighted by Crippen LogP contribution is 2.26. The summed E-state index contributed by atoms with van der Waals surface area (Å²) < 4.78 is 13.8. The molecule has 1 aromatic carbocycles. The lowest BCUT2D eigenvalue weighted by Crippen LogP contribution is -2.63. The van der Waals surface area contributed by atoms with Crippen molar-refractivity contribution < 1.29 is 14.0 Å².